The van der Waals surface area contributed by atoms with Crippen molar-refractivity contribution in [2.45, 2.75) is 0 Å². The van der Waals surface area contributed by atoms with E-state index in [2.05, 4.69) is 32.8 Å². The summed E-state index contributed by atoms with van der Waals surface area (Å²) in [6, 6.07) is 3.26. The molecule has 0 spiro atoms. The largest absolute Gasteiger partial charge is 0.307 e. The zero-order valence-electron chi connectivity index (χ0n) is 9.01. The molecule has 0 saturated carbocycles. The van der Waals surface area contributed by atoms with Gasteiger partial charge in [-0.3, -0.25) is 10.2 Å². The Balaban J connectivity index is 2.80. The average molecular weight is 316 g/mol. The van der Waals surface area contributed by atoms with Crippen LogP contribution in [0.4, 0.5) is 8.78 Å². The van der Waals surface area contributed by atoms with Gasteiger partial charge in [-0.1, -0.05) is 12.6 Å². The van der Waals surface area contributed by atoms with Crippen molar-refractivity contribution in [1.29, 1.82) is 5.41 Å². The van der Waals surface area contributed by atoms with Crippen LogP contribution in [-0.4, -0.2) is 16.7 Å². The molecule has 1 aromatic rings. The molecule has 0 unspecified atom stereocenters. The molecule has 0 aliphatic carbocycles. The molecule has 1 rings (SSSR count). The highest BCUT2D eigenvalue weighted by Crippen LogP contribution is 2.11. The van der Waals surface area contributed by atoms with Crippen molar-refractivity contribution in [2.24, 2.45) is 4.99 Å². The van der Waals surface area contributed by atoms with Gasteiger partial charge in [0.1, 0.15) is 10.4 Å². The van der Waals surface area contributed by atoms with Crippen LogP contribution >= 0.6 is 15.9 Å². The third-order valence-corrected chi connectivity index (χ3v) is 1.99. The molecule has 18 heavy (non-hydrogen) atoms. The summed E-state index contributed by atoms with van der Waals surface area (Å²) in [5.41, 5.74) is -0.444. The van der Waals surface area contributed by atoms with E-state index in [-0.39, 0.29) is 10.4 Å². The maximum Gasteiger partial charge on any atom is 0.259 e. The summed E-state index contributed by atoms with van der Waals surface area (Å²) < 4.78 is 26.1. The van der Waals surface area contributed by atoms with E-state index in [0.717, 1.165) is 18.3 Å². The monoisotopic (exact) mass is 315 g/mol. The number of hydrogen-bond donors (Lipinski definition) is 2. The highest BCUT2D eigenvalue weighted by atomic mass is 79.9. The third-order valence-electron chi connectivity index (χ3n) is 1.79. The van der Waals surface area contributed by atoms with Gasteiger partial charge in [-0.15, -0.1) is 0 Å². The van der Waals surface area contributed by atoms with Gasteiger partial charge in [0.15, 0.2) is 11.6 Å². The summed E-state index contributed by atoms with van der Waals surface area (Å²) >= 11 is 2.81. The first-order valence-corrected chi connectivity index (χ1v) is 5.43. The molecule has 2 N–H and O–H groups in total. The molecule has 94 valence electrons. The van der Waals surface area contributed by atoms with Crippen molar-refractivity contribution in [2.75, 3.05) is 0 Å². The van der Waals surface area contributed by atoms with E-state index in [4.69, 9.17) is 5.41 Å². The van der Waals surface area contributed by atoms with Crippen LogP contribution in [0.5, 0.6) is 0 Å². The average Bonchev–Trinajstić information content (AvgIpc) is 2.30. The van der Waals surface area contributed by atoms with Crippen LogP contribution < -0.4 is 5.32 Å². The van der Waals surface area contributed by atoms with Gasteiger partial charge in [0, 0.05) is 0 Å². The molecule has 0 aliphatic heterocycles. The Morgan fingerprint density at radius 2 is 2.17 bits per heavy atom. The quantitative estimate of drug-likeness (QED) is 0.824. The predicted molar refractivity (Wildman–Crippen MR) is 68.1 cm³/mol. The Labute approximate surface area is 110 Å². The van der Waals surface area contributed by atoms with Crippen LogP contribution in [0.25, 0.3) is 0 Å². The van der Waals surface area contributed by atoms with Crippen molar-refractivity contribution in [3.63, 3.8) is 0 Å². The molecule has 7 heteroatoms. The van der Waals surface area contributed by atoms with Crippen LogP contribution in [0.3, 0.4) is 0 Å². The highest BCUT2D eigenvalue weighted by molar-refractivity contribution is 9.19. The molecular weight excluding hydrogens is 308 g/mol. The van der Waals surface area contributed by atoms with Gasteiger partial charge < -0.3 is 5.32 Å². The summed E-state index contributed by atoms with van der Waals surface area (Å²) in [6.07, 6.45) is 1.09. The van der Waals surface area contributed by atoms with Crippen LogP contribution in [0.2, 0.25) is 0 Å². The van der Waals surface area contributed by atoms with Gasteiger partial charge >= 0.3 is 0 Å². The Hall–Kier alpha value is -1.89. The molecule has 4 nitrogen and oxygen atoms in total. The number of benzene rings is 1. The molecule has 0 bridgehead atoms. The van der Waals surface area contributed by atoms with Crippen LogP contribution in [-0.2, 0) is 0 Å². The number of nitrogens with zero attached hydrogens (tertiary/aromatic N) is 1. The second-order valence-corrected chi connectivity index (χ2v) is 3.96. The number of halogens is 3. The SMILES string of the molecule is C=C(/N=C\C(=N)Br)NC(=O)c1cccc(F)c1F. The van der Waals surface area contributed by atoms with Gasteiger partial charge in [0.25, 0.3) is 5.91 Å². The summed E-state index contributed by atoms with van der Waals surface area (Å²) in [5, 5.41) is 9.16. The molecule has 0 aromatic heterocycles. The first kappa shape index (κ1) is 14.2. The smallest absolute Gasteiger partial charge is 0.259 e. The minimum Gasteiger partial charge on any atom is -0.307 e. The third kappa shape index (κ3) is 3.85. The zero-order chi connectivity index (χ0) is 13.7. The van der Waals surface area contributed by atoms with E-state index >= 15 is 0 Å². The van der Waals surface area contributed by atoms with E-state index in [1.165, 1.54) is 6.07 Å². The molecule has 0 aliphatic rings. The van der Waals surface area contributed by atoms with Crippen molar-refractivity contribution >= 4 is 32.7 Å². The fraction of sp³-hybridized carbons (Fsp3) is 0. The van der Waals surface area contributed by atoms with Crippen molar-refractivity contribution in [1.82, 2.24) is 5.32 Å². The van der Waals surface area contributed by atoms with Crippen molar-refractivity contribution in [3.05, 3.63) is 47.8 Å². The molecule has 0 atom stereocenters. The van der Waals surface area contributed by atoms with Crippen LogP contribution in [0.1, 0.15) is 10.4 Å². The lowest BCUT2D eigenvalue weighted by Gasteiger charge is -2.05. The molecular formula is C11H8BrF2N3O. The minimum absolute atomic E-state index is 0.0187. The number of nitrogens with one attached hydrogen (secondary N) is 2. The predicted octanol–water partition coefficient (Wildman–Crippen LogP) is 2.61. The normalized spacial score (nSPS) is 10.4. The number of amides is 1. The first-order chi connectivity index (χ1) is 8.41. The molecule has 1 amide bonds. The second-order valence-electron chi connectivity index (χ2n) is 3.11. The maximum absolute atomic E-state index is 13.3. The highest BCUT2D eigenvalue weighted by Gasteiger charge is 2.15. The minimum atomic E-state index is -1.24. The lowest BCUT2D eigenvalue weighted by atomic mass is 10.2. The van der Waals surface area contributed by atoms with Crippen LogP contribution in [0.15, 0.2) is 35.6 Å². The Bertz CT molecular complexity index is 543. The number of hydrogen-bond acceptors (Lipinski definition) is 3. The summed E-state index contributed by atoms with van der Waals surface area (Å²) in [7, 11) is 0. The van der Waals surface area contributed by atoms with Gasteiger partial charge in [-0.2, -0.15) is 0 Å². The topological polar surface area (TPSA) is 65.3 Å². The standard InChI is InChI=1S/C11H8BrF2N3O/c1-6(16-5-9(12)15)17-11(18)7-3-2-4-8(13)10(7)14/h2-5,15H,1H2,(H,17,18)/b15-9?,16-5-. The maximum atomic E-state index is 13.3. The number of rotatable bonds is 4. The van der Waals surface area contributed by atoms with E-state index in [1.54, 1.807) is 0 Å². The van der Waals surface area contributed by atoms with Gasteiger partial charge in [0.05, 0.1) is 11.8 Å². The second kappa shape index (κ2) is 6.15. The van der Waals surface area contributed by atoms with E-state index in [1.807, 2.05) is 0 Å². The zero-order valence-corrected chi connectivity index (χ0v) is 10.6. The lowest BCUT2D eigenvalue weighted by Crippen LogP contribution is -2.23. The Morgan fingerprint density at radius 1 is 1.50 bits per heavy atom. The number of carbonyl (C=O) groups is 1. The van der Waals surface area contributed by atoms with Gasteiger partial charge in [0.2, 0.25) is 0 Å². The Morgan fingerprint density at radius 3 is 2.78 bits per heavy atom. The molecule has 0 fully saturated rings. The van der Waals surface area contributed by atoms with Crippen LogP contribution in [0, 0.1) is 17.0 Å². The van der Waals surface area contributed by atoms with Crippen molar-refractivity contribution < 1.29 is 13.6 Å². The van der Waals surface area contributed by atoms with E-state index in [0.29, 0.717) is 0 Å². The molecule has 0 radical (unpaired) electrons. The molecule has 0 saturated heterocycles. The molecule has 0 heterocycles. The van der Waals surface area contributed by atoms with E-state index in [9.17, 15) is 13.6 Å². The van der Waals surface area contributed by atoms with Crippen molar-refractivity contribution in [3.8, 4) is 0 Å². The van der Waals surface area contributed by atoms with Gasteiger partial charge in [-0.05, 0) is 28.1 Å². The number of carbonyl (C=O) groups excluding carboxylic acids is 1. The summed E-state index contributed by atoms with van der Waals surface area (Å²) in [6.45, 7) is 3.38. The number of aliphatic imine (C=N–C) groups is 1. The van der Waals surface area contributed by atoms with E-state index < -0.39 is 23.1 Å². The fourth-order valence-electron chi connectivity index (χ4n) is 1.04. The van der Waals surface area contributed by atoms with Gasteiger partial charge in [-0.25, -0.2) is 13.8 Å². The summed E-state index contributed by atoms with van der Waals surface area (Å²) in [5.74, 6) is -3.30. The summed E-state index contributed by atoms with van der Waals surface area (Å²) in [4.78, 5) is 15.2. The lowest BCUT2D eigenvalue weighted by molar-refractivity contribution is 0.0960. The molecule has 1 aromatic carbocycles. The first-order valence-electron chi connectivity index (χ1n) is 4.64. The fourth-order valence-corrected chi connectivity index (χ4v) is 1.15. The Kier molecular flexibility index (Phi) is 4.85.